The van der Waals surface area contributed by atoms with Crippen molar-refractivity contribution < 1.29 is 19.3 Å². The molecular formula is C28H39N3O4. The molecule has 2 aromatic carbocycles. The van der Waals surface area contributed by atoms with Gasteiger partial charge in [0.2, 0.25) is 5.88 Å². The van der Waals surface area contributed by atoms with Crippen LogP contribution in [0.4, 0.5) is 0 Å². The lowest BCUT2D eigenvalue weighted by molar-refractivity contribution is 0.00842. The average molecular weight is 482 g/mol. The maximum absolute atomic E-state index is 10.6. The van der Waals surface area contributed by atoms with Gasteiger partial charge in [-0.25, -0.2) is 4.68 Å². The van der Waals surface area contributed by atoms with Crippen molar-refractivity contribution in [3.8, 4) is 23.1 Å². The molecule has 3 aromatic rings. The zero-order valence-corrected chi connectivity index (χ0v) is 21.6. The number of ether oxygens (including phenoxy) is 3. The number of methoxy groups -OCH3 is 1. The first-order valence-electron chi connectivity index (χ1n) is 12.4. The lowest BCUT2D eigenvalue weighted by Crippen LogP contribution is -2.39. The predicted octanol–water partition coefficient (Wildman–Crippen LogP) is 5.37. The zero-order valence-electron chi connectivity index (χ0n) is 21.6. The zero-order chi connectivity index (χ0) is 25.2. The van der Waals surface area contributed by atoms with Gasteiger partial charge in [0.25, 0.3) is 0 Å². The van der Waals surface area contributed by atoms with Crippen LogP contribution >= 0.6 is 0 Å². The molecule has 1 aromatic heterocycles. The molecule has 0 saturated carbocycles. The lowest BCUT2D eigenvalue weighted by atomic mass is 10.2. The first-order valence-corrected chi connectivity index (χ1v) is 12.4. The number of hydrogen-bond donors (Lipinski definition) is 1. The summed E-state index contributed by atoms with van der Waals surface area (Å²) in [6.45, 7) is 10.5. The number of unbranched alkanes of at least 4 members (excludes halogenated alkanes) is 1. The summed E-state index contributed by atoms with van der Waals surface area (Å²) in [6, 6.07) is 17.7. The Morgan fingerprint density at radius 2 is 1.71 bits per heavy atom. The van der Waals surface area contributed by atoms with Crippen molar-refractivity contribution in [2.24, 2.45) is 0 Å². The maximum atomic E-state index is 10.6. The van der Waals surface area contributed by atoms with Crippen LogP contribution < -0.4 is 9.47 Å². The molecule has 0 bridgehead atoms. The van der Waals surface area contributed by atoms with Gasteiger partial charge < -0.3 is 19.3 Å². The summed E-state index contributed by atoms with van der Waals surface area (Å²) in [4.78, 5) is 2.22. The van der Waals surface area contributed by atoms with E-state index in [9.17, 15) is 5.11 Å². The van der Waals surface area contributed by atoms with E-state index in [1.807, 2.05) is 66.2 Å². The monoisotopic (exact) mass is 481 g/mol. The number of hydrogen-bond acceptors (Lipinski definition) is 6. The molecule has 0 fully saturated rings. The Morgan fingerprint density at radius 1 is 1.03 bits per heavy atom. The number of benzene rings is 2. The predicted molar refractivity (Wildman–Crippen MR) is 139 cm³/mol. The van der Waals surface area contributed by atoms with Crippen LogP contribution in [0.15, 0.2) is 54.6 Å². The van der Waals surface area contributed by atoms with Crippen LogP contribution in [0.25, 0.3) is 5.69 Å². The van der Waals surface area contributed by atoms with Crippen molar-refractivity contribution in [3.05, 3.63) is 65.9 Å². The number of aryl methyl sites for hydroxylation is 1. The molecule has 0 spiro atoms. The molecule has 0 aliphatic heterocycles. The van der Waals surface area contributed by atoms with Gasteiger partial charge in [-0.05, 0) is 51.5 Å². The van der Waals surface area contributed by atoms with Crippen molar-refractivity contribution in [2.45, 2.75) is 59.2 Å². The van der Waals surface area contributed by atoms with Crippen LogP contribution in [0.5, 0.6) is 17.4 Å². The highest BCUT2D eigenvalue weighted by atomic mass is 16.5. The second-order valence-corrected chi connectivity index (χ2v) is 8.97. The van der Waals surface area contributed by atoms with Crippen LogP contribution in [0, 0.1) is 6.92 Å². The standard InChI is InChI=1S/C28H39N3O4/c1-6-7-17-34-20-24(32)18-30(21(2)3)19-25-22(4)29-31(23-13-9-8-10-14-23)28(25)35-27-16-12-11-15-26(27)33-5/h8-16,21,24,32H,6-7,17-20H2,1-5H3. The molecule has 0 radical (unpaired) electrons. The minimum absolute atomic E-state index is 0.207. The Bertz CT molecular complexity index is 1040. The van der Waals surface area contributed by atoms with E-state index in [0.29, 0.717) is 43.7 Å². The van der Waals surface area contributed by atoms with E-state index in [2.05, 4.69) is 25.7 Å². The Balaban J connectivity index is 1.91. The Morgan fingerprint density at radius 3 is 2.37 bits per heavy atom. The first kappa shape index (κ1) is 26.7. The molecule has 1 N–H and O–H groups in total. The van der Waals surface area contributed by atoms with Gasteiger partial charge in [0, 0.05) is 25.7 Å². The van der Waals surface area contributed by atoms with Gasteiger partial charge in [-0.15, -0.1) is 0 Å². The third kappa shape index (κ3) is 7.31. The smallest absolute Gasteiger partial charge is 0.227 e. The number of aliphatic hydroxyl groups is 1. The van der Waals surface area contributed by atoms with E-state index in [1.165, 1.54) is 0 Å². The van der Waals surface area contributed by atoms with Gasteiger partial charge in [-0.2, -0.15) is 5.10 Å². The molecule has 1 atom stereocenters. The molecule has 7 heteroatoms. The molecular weight excluding hydrogens is 442 g/mol. The second-order valence-electron chi connectivity index (χ2n) is 8.97. The fourth-order valence-corrected chi connectivity index (χ4v) is 3.83. The van der Waals surface area contributed by atoms with Crippen LogP contribution in [0.2, 0.25) is 0 Å². The number of nitrogens with zero attached hydrogens (tertiary/aromatic N) is 3. The summed E-state index contributed by atoms with van der Waals surface area (Å²) in [5.74, 6) is 1.91. The largest absolute Gasteiger partial charge is 0.493 e. The molecule has 0 amide bonds. The minimum atomic E-state index is -0.572. The van der Waals surface area contributed by atoms with Crippen molar-refractivity contribution in [3.63, 3.8) is 0 Å². The summed E-state index contributed by atoms with van der Waals surface area (Å²) >= 11 is 0. The van der Waals surface area contributed by atoms with E-state index in [1.54, 1.807) is 7.11 Å². The van der Waals surface area contributed by atoms with E-state index in [0.717, 1.165) is 29.8 Å². The quantitative estimate of drug-likeness (QED) is 0.312. The van der Waals surface area contributed by atoms with Crippen LogP contribution in [-0.4, -0.2) is 58.8 Å². The summed E-state index contributed by atoms with van der Waals surface area (Å²) in [6.07, 6.45) is 1.51. The van der Waals surface area contributed by atoms with Crippen LogP contribution in [-0.2, 0) is 11.3 Å². The molecule has 1 unspecified atom stereocenters. The van der Waals surface area contributed by atoms with E-state index in [-0.39, 0.29) is 6.04 Å². The number of para-hydroxylation sites is 3. The molecule has 35 heavy (non-hydrogen) atoms. The highest BCUT2D eigenvalue weighted by molar-refractivity contribution is 5.47. The summed E-state index contributed by atoms with van der Waals surface area (Å²) in [5.41, 5.74) is 2.75. The van der Waals surface area contributed by atoms with Crippen molar-refractivity contribution in [2.75, 3.05) is 26.9 Å². The van der Waals surface area contributed by atoms with E-state index < -0.39 is 6.10 Å². The van der Waals surface area contributed by atoms with Crippen LogP contribution in [0.1, 0.15) is 44.9 Å². The van der Waals surface area contributed by atoms with E-state index >= 15 is 0 Å². The van der Waals surface area contributed by atoms with Crippen molar-refractivity contribution in [1.82, 2.24) is 14.7 Å². The van der Waals surface area contributed by atoms with Gasteiger partial charge in [0.1, 0.15) is 0 Å². The SMILES string of the molecule is CCCCOCC(O)CN(Cc1c(C)nn(-c2ccccc2)c1Oc1ccccc1OC)C(C)C. The second kappa shape index (κ2) is 13.3. The number of rotatable bonds is 14. The topological polar surface area (TPSA) is 69.0 Å². The van der Waals surface area contributed by atoms with Crippen LogP contribution in [0.3, 0.4) is 0 Å². The molecule has 0 aliphatic carbocycles. The summed E-state index contributed by atoms with van der Waals surface area (Å²) in [7, 11) is 1.63. The third-order valence-corrected chi connectivity index (χ3v) is 5.90. The van der Waals surface area contributed by atoms with Gasteiger partial charge in [-0.1, -0.05) is 43.7 Å². The normalized spacial score (nSPS) is 12.3. The van der Waals surface area contributed by atoms with Crippen molar-refractivity contribution >= 4 is 0 Å². The van der Waals surface area contributed by atoms with Crippen molar-refractivity contribution in [1.29, 1.82) is 0 Å². The fourth-order valence-electron chi connectivity index (χ4n) is 3.83. The Hall–Kier alpha value is -2.87. The summed E-state index contributed by atoms with van der Waals surface area (Å²) < 4.78 is 19.5. The fraction of sp³-hybridized carbons (Fsp3) is 0.464. The highest BCUT2D eigenvalue weighted by Gasteiger charge is 2.24. The maximum Gasteiger partial charge on any atom is 0.227 e. The van der Waals surface area contributed by atoms with Gasteiger partial charge in [-0.3, -0.25) is 4.90 Å². The number of aliphatic hydroxyl groups excluding tert-OH is 1. The molecule has 1 heterocycles. The number of aromatic nitrogens is 2. The Labute approximate surface area is 209 Å². The van der Waals surface area contributed by atoms with E-state index in [4.69, 9.17) is 19.3 Å². The minimum Gasteiger partial charge on any atom is -0.493 e. The molecule has 7 nitrogen and oxygen atoms in total. The molecule has 0 saturated heterocycles. The lowest BCUT2D eigenvalue weighted by Gasteiger charge is -2.29. The van der Waals surface area contributed by atoms with Gasteiger partial charge >= 0.3 is 0 Å². The molecule has 0 aliphatic rings. The highest BCUT2D eigenvalue weighted by Crippen LogP contribution is 2.36. The Kier molecular flexibility index (Phi) is 10.1. The average Bonchev–Trinajstić information content (AvgIpc) is 3.17. The third-order valence-electron chi connectivity index (χ3n) is 5.90. The van der Waals surface area contributed by atoms with Gasteiger partial charge in [0.05, 0.1) is 36.8 Å². The summed E-state index contributed by atoms with van der Waals surface area (Å²) in [5, 5.41) is 15.5. The first-order chi connectivity index (χ1) is 16.9. The van der Waals surface area contributed by atoms with Gasteiger partial charge in [0.15, 0.2) is 11.5 Å². The molecule has 3 rings (SSSR count). The molecule has 190 valence electrons.